The monoisotopic (exact) mass is 389 g/mol. The fraction of sp³-hybridized carbons (Fsp3) is 0.385. The zero-order chi connectivity index (χ0) is 20.8. The Morgan fingerprint density at radius 3 is 2.31 bits per heavy atom. The van der Waals surface area contributed by atoms with Gasteiger partial charge in [-0.3, -0.25) is 9.79 Å². The van der Waals surface area contributed by atoms with Crippen molar-refractivity contribution in [2.24, 2.45) is 22.7 Å². The van der Waals surface area contributed by atoms with E-state index >= 15 is 0 Å². The maximum Gasteiger partial charge on any atom is 0.162 e. The van der Waals surface area contributed by atoms with Crippen molar-refractivity contribution in [2.75, 3.05) is 6.61 Å². The van der Waals surface area contributed by atoms with Gasteiger partial charge in [-0.15, -0.1) is 0 Å². The normalized spacial score (nSPS) is 21.3. The van der Waals surface area contributed by atoms with Gasteiger partial charge in [0.1, 0.15) is 5.75 Å². The van der Waals surface area contributed by atoms with Crippen LogP contribution in [0.25, 0.3) is 6.08 Å². The third-order valence-corrected chi connectivity index (χ3v) is 5.64. The molecule has 0 heterocycles. The number of carbonyl (C=O) groups excluding carboxylic acids is 1. The number of ether oxygens (including phenoxy) is 1. The van der Waals surface area contributed by atoms with Crippen LogP contribution >= 0.6 is 0 Å². The summed E-state index contributed by atoms with van der Waals surface area (Å²) >= 11 is 0. The summed E-state index contributed by atoms with van der Waals surface area (Å²) in [6.45, 7) is 9.09. The standard InChI is InChI=1S/C26H31NO2/c1-5-29-23-13-9-21(10-14-23)17-27-22-11-7-20(8-12-22)16-25-19(4)6-15-24(18(2)3)26(25)28/h7-14,16-19,24H,5-6,15H2,1-4H3/t19-,24+/m1/s1. The number of allylic oxidation sites excluding steroid dienone is 1. The van der Waals surface area contributed by atoms with Gasteiger partial charge in [-0.05, 0) is 90.8 Å². The maximum absolute atomic E-state index is 12.9. The molecule has 0 spiro atoms. The highest BCUT2D eigenvalue weighted by Gasteiger charge is 2.32. The minimum absolute atomic E-state index is 0.162. The number of benzene rings is 2. The average molecular weight is 390 g/mol. The molecule has 3 heteroatoms. The second-order valence-electron chi connectivity index (χ2n) is 8.14. The van der Waals surface area contributed by atoms with Crippen molar-refractivity contribution in [3.05, 3.63) is 65.2 Å². The predicted octanol–water partition coefficient (Wildman–Crippen LogP) is 6.49. The molecule has 1 aliphatic rings. The Morgan fingerprint density at radius 1 is 1.03 bits per heavy atom. The van der Waals surface area contributed by atoms with Gasteiger partial charge >= 0.3 is 0 Å². The lowest BCUT2D eigenvalue weighted by Crippen LogP contribution is -2.30. The zero-order valence-corrected chi connectivity index (χ0v) is 17.9. The van der Waals surface area contributed by atoms with Crippen molar-refractivity contribution in [3.63, 3.8) is 0 Å². The van der Waals surface area contributed by atoms with Crippen LogP contribution in [0.15, 0.2) is 59.1 Å². The Bertz CT molecular complexity index is 876. The summed E-state index contributed by atoms with van der Waals surface area (Å²) in [6, 6.07) is 16.0. The lowest BCUT2D eigenvalue weighted by atomic mass is 9.73. The van der Waals surface area contributed by atoms with Crippen molar-refractivity contribution in [1.29, 1.82) is 0 Å². The number of ketones is 1. The van der Waals surface area contributed by atoms with E-state index in [1.807, 2.05) is 61.7 Å². The summed E-state index contributed by atoms with van der Waals surface area (Å²) in [5.41, 5.74) is 3.95. The molecule has 0 aromatic heterocycles. The molecule has 2 aromatic carbocycles. The molecule has 1 fully saturated rings. The highest BCUT2D eigenvalue weighted by Crippen LogP contribution is 2.35. The van der Waals surface area contributed by atoms with Gasteiger partial charge in [0.05, 0.1) is 12.3 Å². The van der Waals surface area contributed by atoms with Gasteiger partial charge in [-0.25, -0.2) is 0 Å². The van der Waals surface area contributed by atoms with Crippen LogP contribution in [0.3, 0.4) is 0 Å². The first-order valence-electron chi connectivity index (χ1n) is 10.6. The molecular formula is C26H31NO2. The van der Waals surface area contributed by atoms with Gasteiger partial charge in [0.2, 0.25) is 0 Å². The van der Waals surface area contributed by atoms with Crippen molar-refractivity contribution in [1.82, 2.24) is 0 Å². The van der Waals surface area contributed by atoms with E-state index in [9.17, 15) is 4.79 Å². The number of carbonyl (C=O) groups is 1. The van der Waals surface area contributed by atoms with E-state index in [4.69, 9.17) is 4.74 Å². The molecule has 1 saturated carbocycles. The van der Waals surface area contributed by atoms with Gasteiger partial charge in [-0.1, -0.05) is 32.9 Å². The van der Waals surface area contributed by atoms with E-state index in [1.165, 1.54) is 0 Å². The molecule has 3 rings (SSSR count). The van der Waals surface area contributed by atoms with Crippen LogP contribution in [0, 0.1) is 17.8 Å². The number of aliphatic imine (C=N–C) groups is 1. The smallest absolute Gasteiger partial charge is 0.162 e. The van der Waals surface area contributed by atoms with Crippen LogP contribution in [0.5, 0.6) is 5.75 Å². The number of rotatable bonds is 6. The SMILES string of the molecule is CCOc1ccc(C=Nc2ccc(C=C3C(=O)[C@H](C(C)C)CC[C@H]3C)cc2)cc1. The van der Waals surface area contributed by atoms with E-state index in [2.05, 4.69) is 31.8 Å². The predicted molar refractivity (Wildman–Crippen MR) is 121 cm³/mol. The van der Waals surface area contributed by atoms with Crippen LogP contribution < -0.4 is 4.74 Å². The fourth-order valence-corrected chi connectivity index (χ4v) is 3.82. The Balaban J connectivity index is 1.71. The molecule has 0 unspecified atom stereocenters. The van der Waals surface area contributed by atoms with Gasteiger partial charge in [0.15, 0.2) is 5.78 Å². The molecule has 0 amide bonds. The van der Waals surface area contributed by atoms with E-state index in [0.29, 0.717) is 24.2 Å². The molecule has 0 N–H and O–H groups in total. The number of hydrogen-bond donors (Lipinski definition) is 0. The van der Waals surface area contributed by atoms with Gasteiger partial charge in [0.25, 0.3) is 0 Å². The van der Waals surface area contributed by atoms with E-state index in [1.54, 1.807) is 0 Å². The van der Waals surface area contributed by atoms with Crippen LogP contribution in [0.4, 0.5) is 5.69 Å². The van der Waals surface area contributed by atoms with E-state index in [0.717, 1.165) is 41.0 Å². The third kappa shape index (κ3) is 5.44. The molecule has 2 atom stereocenters. The highest BCUT2D eigenvalue weighted by atomic mass is 16.5. The van der Waals surface area contributed by atoms with Crippen LogP contribution in [0.1, 0.15) is 51.7 Å². The Labute approximate surface area is 174 Å². The van der Waals surface area contributed by atoms with Crippen molar-refractivity contribution >= 4 is 23.8 Å². The molecular weight excluding hydrogens is 358 g/mol. The minimum Gasteiger partial charge on any atom is -0.494 e. The summed E-state index contributed by atoms with van der Waals surface area (Å²) in [4.78, 5) is 17.4. The van der Waals surface area contributed by atoms with Gasteiger partial charge in [0, 0.05) is 12.1 Å². The minimum atomic E-state index is 0.162. The largest absolute Gasteiger partial charge is 0.494 e. The molecule has 152 valence electrons. The van der Waals surface area contributed by atoms with Crippen LogP contribution in [-0.2, 0) is 4.79 Å². The molecule has 2 aromatic rings. The summed E-state index contributed by atoms with van der Waals surface area (Å²) in [6.07, 6.45) is 6.02. The molecule has 0 bridgehead atoms. The summed E-state index contributed by atoms with van der Waals surface area (Å²) in [5, 5.41) is 0. The lowest BCUT2D eigenvalue weighted by molar-refractivity contribution is -0.122. The number of hydrogen-bond acceptors (Lipinski definition) is 3. The molecule has 1 aliphatic carbocycles. The topological polar surface area (TPSA) is 38.7 Å². The fourth-order valence-electron chi connectivity index (χ4n) is 3.82. The first-order valence-corrected chi connectivity index (χ1v) is 10.6. The molecule has 0 aliphatic heterocycles. The maximum atomic E-state index is 12.9. The Morgan fingerprint density at radius 2 is 1.69 bits per heavy atom. The number of nitrogens with zero attached hydrogens (tertiary/aromatic N) is 1. The van der Waals surface area contributed by atoms with Crippen molar-refractivity contribution in [3.8, 4) is 5.75 Å². The van der Waals surface area contributed by atoms with Gasteiger partial charge < -0.3 is 4.74 Å². The van der Waals surface area contributed by atoms with Crippen LogP contribution in [-0.4, -0.2) is 18.6 Å². The van der Waals surface area contributed by atoms with Crippen LogP contribution in [0.2, 0.25) is 0 Å². The van der Waals surface area contributed by atoms with E-state index < -0.39 is 0 Å². The molecule has 29 heavy (non-hydrogen) atoms. The number of Topliss-reactive ketones (excluding diaryl/α,β-unsaturated/α-hetero) is 1. The summed E-state index contributed by atoms with van der Waals surface area (Å²) in [5.74, 6) is 2.09. The van der Waals surface area contributed by atoms with Gasteiger partial charge in [-0.2, -0.15) is 0 Å². The molecule has 0 saturated heterocycles. The quantitative estimate of drug-likeness (QED) is 0.418. The van der Waals surface area contributed by atoms with E-state index in [-0.39, 0.29) is 5.92 Å². The highest BCUT2D eigenvalue weighted by molar-refractivity contribution is 6.02. The molecule has 0 radical (unpaired) electrons. The second-order valence-corrected chi connectivity index (χ2v) is 8.14. The summed E-state index contributed by atoms with van der Waals surface area (Å²) < 4.78 is 5.46. The second kappa shape index (κ2) is 9.69. The first kappa shape index (κ1) is 21.0. The third-order valence-electron chi connectivity index (χ3n) is 5.64. The Kier molecular flexibility index (Phi) is 7.03. The average Bonchev–Trinajstić information content (AvgIpc) is 2.71. The van der Waals surface area contributed by atoms with Crippen molar-refractivity contribution in [2.45, 2.75) is 40.5 Å². The summed E-state index contributed by atoms with van der Waals surface area (Å²) in [7, 11) is 0. The lowest BCUT2D eigenvalue weighted by Gasteiger charge is -2.30. The first-order chi connectivity index (χ1) is 14.0. The van der Waals surface area contributed by atoms with Crippen molar-refractivity contribution < 1.29 is 9.53 Å². The Hall–Kier alpha value is -2.68. The molecule has 3 nitrogen and oxygen atoms in total. The zero-order valence-electron chi connectivity index (χ0n) is 17.9.